The Balaban J connectivity index is 2.67. The molecule has 0 spiro atoms. The highest BCUT2D eigenvalue weighted by Crippen LogP contribution is 2.21. The molecule has 1 aromatic rings. The summed E-state index contributed by atoms with van der Waals surface area (Å²) in [5.74, 6) is -1.33. The van der Waals surface area contributed by atoms with Crippen LogP contribution < -0.4 is 5.32 Å². The molecule has 78 valence electrons. The monoisotopic (exact) mass is 229 g/mol. The topological polar surface area (TPSA) is 80.3 Å². The Kier molecular flexibility index (Phi) is 1.87. The molecule has 2 amide bonds. The van der Waals surface area contributed by atoms with Gasteiger partial charge in [0.1, 0.15) is 0 Å². The molecule has 2 rings (SSSR count). The molecule has 1 heterocycles. The average Bonchev–Trinajstić information content (AvgIpc) is 2.41. The van der Waals surface area contributed by atoms with Gasteiger partial charge in [0.25, 0.3) is 11.8 Å². The second-order valence-electron chi connectivity index (χ2n) is 2.93. The van der Waals surface area contributed by atoms with Crippen LogP contribution >= 0.6 is 0 Å². The molecule has 0 aromatic heterocycles. The molecule has 0 radical (unpaired) electrons. The van der Waals surface area contributed by atoms with Crippen molar-refractivity contribution in [1.29, 1.82) is 0 Å². The summed E-state index contributed by atoms with van der Waals surface area (Å²) in [4.78, 5) is 21.5. The number of nitrogens with one attached hydrogen (secondary N) is 1. The minimum absolute atomic E-state index is 0.0485. The molecule has 0 bridgehead atoms. The van der Waals surface area contributed by atoms with Crippen molar-refractivity contribution in [2.24, 2.45) is 0 Å². The van der Waals surface area contributed by atoms with Crippen LogP contribution in [0.5, 0.6) is 0 Å². The number of halogens is 1. The zero-order valence-electron chi connectivity index (χ0n) is 7.15. The highest BCUT2D eigenvalue weighted by Gasteiger charge is 2.28. The van der Waals surface area contributed by atoms with Crippen molar-refractivity contribution in [1.82, 2.24) is 5.32 Å². The predicted octanol–water partition coefficient (Wildman–Crippen LogP) is 0.228. The van der Waals surface area contributed by atoms with E-state index >= 15 is 0 Å². The van der Waals surface area contributed by atoms with Gasteiger partial charge in [-0.3, -0.25) is 14.9 Å². The van der Waals surface area contributed by atoms with Crippen LogP contribution in [-0.4, -0.2) is 20.2 Å². The number of carbonyl (C=O) groups is 2. The Bertz CT molecular complexity index is 578. The van der Waals surface area contributed by atoms with Gasteiger partial charge in [-0.25, -0.2) is 0 Å². The van der Waals surface area contributed by atoms with Gasteiger partial charge < -0.3 is 0 Å². The quantitative estimate of drug-likeness (QED) is 0.552. The molecule has 0 unspecified atom stereocenters. The molecule has 0 saturated carbocycles. The van der Waals surface area contributed by atoms with Gasteiger partial charge in [0, 0.05) is 0 Å². The molecule has 1 aromatic carbocycles. The summed E-state index contributed by atoms with van der Waals surface area (Å²) in [5, 5.41) is 1.97. The van der Waals surface area contributed by atoms with E-state index < -0.39 is 26.9 Å². The minimum Gasteiger partial charge on any atom is -0.288 e. The molecule has 1 aliphatic heterocycles. The van der Waals surface area contributed by atoms with Crippen LogP contribution in [0.25, 0.3) is 0 Å². The van der Waals surface area contributed by atoms with Gasteiger partial charge >= 0.3 is 10.2 Å². The van der Waals surface area contributed by atoms with Gasteiger partial charge in [-0.2, -0.15) is 8.42 Å². The minimum atomic E-state index is -4.86. The summed E-state index contributed by atoms with van der Waals surface area (Å²) in [6.45, 7) is 0. The van der Waals surface area contributed by atoms with Crippen LogP contribution in [0, 0.1) is 0 Å². The lowest BCUT2D eigenvalue weighted by molar-refractivity contribution is 0.0879. The van der Waals surface area contributed by atoms with E-state index in [2.05, 4.69) is 0 Å². The number of rotatable bonds is 1. The molecule has 0 saturated heterocycles. The predicted molar refractivity (Wildman–Crippen MR) is 46.5 cm³/mol. The number of amides is 2. The highest BCUT2D eigenvalue weighted by molar-refractivity contribution is 7.86. The van der Waals surface area contributed by atoms with E-state index in [1.807, 2.05) is 5.32 Å². The Morgan fingerprint density at radius 1 is 1.07 bits per heavy atom. The summed E-state index contributed by atoms with van der Waals surface area (Å²) < 4.78 is 33.6. The first kappa shape index (κ1) is 9.78. The Morgan fingerprint density at radius 3 is 2.27 bits per heavy atom. The Hall–Kier alpha value is -1.76. The summed E-state index contributed by atoms with van der Waals surface area (Å²) in [6.07, 6.45) is 0. The molecule has 0 aliphatic carbocycles. The first-order valence-electron chi connectivity index (χ1n) is 3.84. The Labute approximate surface area is 84.1 Å². The van der Waals surface area contributed by atoms with E-state index in [1.54, 1.807) is 0 Å². The number of hydrogen-bond donors (Lipinski definition) is 1. The second kappa shape index (κ2) is 2.86. The van der Waals surface area contributed by atoms with Crippen LogP contribution in [0.1, 0.15) is 20.7 Å². The fraction of sp³-hybridized carbons (Fsp3) is 0. The maximum Gasteiger partial charge on any atom is 0.332 e. The van der Waals surface area contributed by atoms with Gasteiger partial charge in [-0.05, 0) is 18.2 Å². The lowest BCUT2D eigenvalue weighted by atomic mass is 10.1. The van der Waals surface area contributed by atoms with E-state index in [4.69, 9.17) is 0 Å². The van der Waals surface area contributed by atoms with Crippen molar-refractivity contribution in [3.63, 3.8) is 0 Å². The molecule has 15 heavy (non-hydrogen) atoms. The summed E-state index contributed by atoms with van der Waals surface area (Å²) in [7, 11) is -4.86. The van der Waals surface area contributed by atoms with Crippen LogP contribution in [0.2, 0.25) is 0 Å². The number of imide groups is 1. The van der Waals surface area contributed by atoms with Crippen LogP contribution in [0.4, 0.5) is 3.89 Å². The van der Waals surface area contributed by atoms with Gasteiger partial charge in [0.2, 0.25) is 0 Å². The maximum atomic E-state index is 12.6. The SMILES string of the molecule is O=C1NC(=O)c2cc(S(=O)(=O)F)ccc21. The first-order chi connectivity index (χ1) is 6.89. The molecule has 5 nitrogen and oxygen atoms in total. The normalized spacial score (nSPS) is 15.0. The third-order valence-corrected chi connectivity index (χ3v) is 2.81. The fourth-order valence-electron chi connectivity index (χ4n) is 1.30. The summed E-state index contributed by atoms with van der Waals surface area (Å²) >= 11 is 0. The second-order valence-corrected chi connectivity index (χ2v) is 4.28. The highest BCUT2D eigenvalue weighted by atomic mass is 32.3. The van der Waals surface area contributed by atoms with E-state index in [-0.39, 0.29) is 11.1 Å². The van der Waals surface area contributed by atoms with Gasteiger partial charge in [0.15, 0.2) is 0 Å². The number of fused-ring (bicyclic) bond motifs is 1. The van der Waals surface area contributed by atoms with Gasteiger partial charge in [-0.15, -0.1) is 3.89 Å². The van der Waals surface area contributed by atoms with E-state index in [0.29, 0.717) is 0 Å². The van der Waals surface area contributed by atoms with Crippen molar-refractivity contribution in [3.8, 4) is 0 Å². The number of carbonyl (C=O) groups excluding carboxylic acids is 2. The summed E-state index contributed by atoms with van der Waals surface area (Å²) in [5.41, 5.74) is -0.0777. The van der Waals surface area contributed by atoms with Crippen molar-refractivity contribution in [2.75, 3.05) is 0 Å². The van der Waals surface area contributed by atoms with Crippen LogP contribution in [-0.2, 0) is 10.2 Å². The Morgan fingerprint density at radius 2 is 1.67 bits per heavy atom. The van der Waals surface area contributed by atoms with Crippen LogP contribution in [0.3, 0.4) is 0 Å². The third kappa shape index (κ3) is 1.50. The average molecular weight is 229 g/mol. The zero-order valence-corrected chi connectivity index (χ0v) is 7.97. The molecular weight excluding hydrogens is 225 g/mol. The molecule has 7 heteroatoms. The fourth-order valence-corrected chi connectivity index (χ4v) is 1.79. The largest absolute Gasteiger partial charge is 0.332 e. The van der Waals surface area contributed by atoms with Gasteiger partial charge in [-0.1, -0.05) is 0 Å². The standard InChI is InChI=1S/C8H4FNO4S/c9-15(13,14)4-1-2-5-6(3-4)8(12)10-7(5)11/h1-3H,(H,10,11,12). The molecule has 0 atom stereocenters. The molecule has 0 fully saturated rings. The number of hydrogen-bond acceptors (Lipinski definition) is 4. The lowest BCUT2D eigenvalue weighted by Gasteiger charge is -1.96. The van der Waals surface area contributed by atoms with Crippen molar-refractivity contribution in [2.45, 2.75) is 4.90 Å². The lowest BCUT2D eigenvalue weighted by Crippen LogP contribution is -2.19. The molecule has 1 aliphatic rings. The third-order valence-electron chi connectivity index (χ3n) is 1.99. The van der Waals surface area contributed by atoms with E-state index in [9.17, 15) is 21.9 Å². The maximum absolute atomic E-state index is 12.6. The molecular formula is C8H4FNO4S. The summed E-state index contributed by atoms with van der Waals surface area (Å²) in [6, 6.07) is 2.87. The molecule has 1 N–H and O–H groups in total. The van der Waals surface area contributed by atoms with Crippen molar-refractivity contribution in [3.05, 3.63) is 29.3 Å². The number of benzene rings is 1. The first-order valence-corrected chi connectivity index (χ1v) is 5.22. The van der Waals surface area contributed by atoms with Crippen molar-refractivity contribution < 1.29 is 21.9 Å². The smallest absolute Gasteiger partial charge is 0.288 e. The van der Waals surface area contributed by atoms with Crippen LogP contribution in [0.15, 0.2) is 23.1 Å². The zero-order chi connectivity index (χ0) is 11.2. The van der Waals surface area contributed by atoms with Crippen molar-refractivity contribution >= 4 is 22.0 Å². The van der Waals surface area contributed by atoms with E-state index in [0.717, 1.165) is 18.2 Å². The van der Waals surface area contributed by atoms with Gasteiger partial charge in [0.05, 0.1) is 16.0 Å². The van der Waals surface area contributed by atoms with E-state index in [1.165, 1.54) is 0 Å².